The van der Waals surface area contributed by atoms with Crippen LogP contribution in [0.1, 0.15) is 9.88 Å². The van der Waals surface area contributed by atoms with Crippen LogP contribution in [0.25, 0.3) is 6.08 Å². The summed E-state index contributed by atoms with van der Waals surface area (Å²) >= 11 is 2.94. The molecule has 2 aromatic heterocycles. The topological polar surface area (TPSA) is 54.9 Å². The Morgan fingerprint density at radius 1 is 1.50 bits per heavy atom. The predicted molar refractivity (Wildman–Crippen MR) is 66.6 cm³/mol. The van der Waals surface area contributed by atoms with Gasteiger partial charge in [-0.25, -0.2) is 0 Å². The van der Waals surface area contributed by atoms with Crippen LogP contribution in [0.4, 0.5) is 5.13 Å². The second-order valence-electron chi connectivity index (χ2n) is 2.96. The van der Waals surface area contributed by atoms with E-state index in [-0.39, 0.29) is 5.91 Å². The van der Waals surface area contributed by atoms with Gasteiger partial charge in [-0.15, -0.1) is 21.5 Å². The van der Waals surface area contributed by atoms with Crippen molar-refractivity contribution in [1.82, 2.24) is 10.2 Å². The van der Waals surface area contributed by atoms with Crippen molar-refractivity contribution in [1.29, 1.82) is 0 Å². The molecule has 0 saturated heterocycles. The summed E-state index contributed by atoms with van der Waals surface area (Å²) in [6.45, 7) is 1.84. The molecule has 0 bridgehead atoms. The Bertz CT molecular complexity index is 502. The molecule has 2 aromatic rings. The molecule has 0 fully saturated rings. The average molecular weight is 251 g/mol. The van der Waals surface area contributed by atoms with Crippen molar-refractivity contribution in [2.45, 2.75) is 6.92 Å². The molecule has 0 atom stereocenters. The van der Waals surface area contributed by atoms with Crippen molar-refractivity contribution in [2.24, 2.45) is 0 Å². The Hall–Kier alpha value is -1.53. The number of nitrogens with zero attached hydrogens (tertiary/aromatic N) is 2. The third-order valence-electron chi connectivity index (χ3n) is 1.70. The van der Waals surface area contributed by atoms with Gasteiger partial charge in [-0.2, -0.15) is 0 Å². The first-order valence-corrected chi connectivity index (χ1v) is 6.26. The Morgan fingerprint density at radius 3 is 3.00 bits per heavy atom. The number of carbonyl (C=O) groups is 1. The molecule has 0 aliphatic heterocycles. The van der Waals surface area contributed by atoms with E-state index >= 15 is 0 Å². The lowest BCUT2D eigenvalue weighted by atomic mass is 10.4. The third-order valence-corrected chi connectivity index (χ3v) is 3.29. The molecule has 0 aromatic carbocycles. The van der Waals surface area contributed by atoms with Gasteiger partial charge in [0.15, 0.2) is 0 Å². The monoisotopic (exact) mass is 251 g/mol. The number of amides is 1. The lowest BCUT2D eigenvalue weighted by Gasteiger charge is -1.93. The van der Waals surface area contributed by atoms with E-state index in [2.05, 4.69) is 15.5 Å². The number of rotatable bonds is 3. The molecule has 2 rings (SSSR count). The minimum absolute atomic E-state index is 0.190. The number of carbonyl (C=O) groups excluding carboxylic acids is 1. The normalized spacial score (nSPS) is 10.8. The van der Waals surface area contributed by atoms with Gasteiger partial charge in [-0.3, -0.25) is 10.1 Å². The minimum atomic E-state index is -0.190. The molecular weight excluding hydrogens is 242 g/mol. The Balaban J connectivity index is 1.94. The van der Waals surface area contributed by atoms with Crippen molar-refractivity contribution >= 4 is 39.8 Å². The maximum Gasteiger partial charge on any atom is 0.250 e. The highest BCUT2D eigenvalue weighted by Gasteiger charge is 2.02. The molecule has 1 amide bonds. The number of aryl methyl sites for hydroxylation is 1. The van der Waals surface area contributed by atoms with Crippen LogP contribution in [-0.4, -0.2) is 16.1 Å². The number of hydrogen-bond acceptors (Lipinski definition) is 5. The van der Waals surface area contributed by atoms with Crippen molar-refractivity contribution in [3.8, 4) is 0 Å². The lowest BCUT2D eigenvalue weighted by Crippen LogP contribution is -2.07. The zero-order valence-corrected chi connectivity index (χ0v) is 10.1. The summed E-state index contributed by atoms with van der Waals surface area (Å²) in [5, 5.41) is 13.6. The molecule has 0 radical (unpaired) electrons. The smallest absolute Gasteiger partial charge is 0.250 e. The number of thiophene rings is 1. The van der Waals surface area contributed by atoms with Crippen LogP contribution in [-0.2, 0) is 4.79 Å². The summed E-state index contributed by atoms with van der Waals surface area (Å²) in [6.07, 6.45) is 3.26. The van der Waals surface area contributed by atoms with Crippen LogP contribution < -0.4 is 5.32 Å². The summed E-state index contributed by atoms with van der Waals surface area (Å²) in [7, 11) is 0. The highest BCUT2D eigenvalue weighted by molar-refractivity contribution is 7.15. The van der Waals surface area contributed by atoms with Crippen molar-refractivity contribution in [2.75, 3.05) is 5.32 Å². The first-order chi connectivity index (χ1) is 7.74. The molecular formula is C10H9N3OS2. The molecule has 6 heteroatoms. The fourth-order valence-electron chi connectivity index (χ4n) is 1.04. The van der Waals surface area contributed by atoms with Crippen LogP contribution >= 0.6 is 22.7 Å². The van der Waals surface area contributed by atoms with Gasteiger partial charge in [-0.05, 0) is 24.4 Å². The second kappa shape index (κ2) is 5.00. The van der Waals surface area contributed by atoms with Gasteiger partial charge in [0.2, 0.25) is 11.0 Å². The third kappa shape index (κ3) is 2.98. The second-order valence-corrected chi connectivity index (χ2v) is 5.13. The summed E-state index contributed by atoms with van der Waals surface area (Å²) in [6, 6.07) is 3.89. The van der Waals surface area contributed by atoms with E-state index in [1.54, 1.807) is 17.4 Å². The Labute approximate surface area is 101 Å². The van der Waals surface area contributed by atoms with E-state index in [4.69, 9.17) is 0 Å². The summed E-state index contributed by atoms with van der Waals surface area (Å²) in [5.41, 5.74) is 0. The van der Waals surface area contributed by atoms with Gasteiger partial charge >= 0.3 is 0 Å². The van der Waals surface area contributed by atoms with Crippen molar-refractivity contribution in [3.05, 3.63) is 33.5 Å². The molecule has 16 heavy (non-hydrogen) atoms. The van der Waals surface area contributed by atoms with Gasteiger partial charge in [0, 0.05) is 11.0 Å². The predicted octanol–water partition coefficient (Wildman–Crippen LogP) is 2.56. The van der Waals surface area contributed by atoms with Crippen LogP contribution in [0, 0.1) is 6.92 Å². The lowest BCUT2D eigenvalue weighted by molar-refractivity contribution is -0.111. The molecule has 4 nitrogen and oxygen atoms in total. The first-order valence-electron chi connectivity index (χ1n) is 4.57. The highest BCUT2D eigenvalue weighted by Crippen LogP contribution is 2.14. The number of hydrogen-bond donors (Lipinski definition) is 1. The Kier molecular flexibility index (Phi) is 3.43. The van der Waals surface area contributed by atoms with Crippen LogP contribution in [0.5, 0.6) is 0 Å². The highest BCUT2D eigenvalue weighted by atomic mass is 32.1. The van der Waals surface area contributed by atoms with Crippen molar-refractivity contribution < 1.29 is 4.79 Å². The van der Waals surface area contributed by atoms with Gasteiger partial charge in [0.05, 0.1) is 0 Å². The van der Waals surface area contributed by atoms with Crippen molar-refractivity contribution in [3.63, 3.8) is 0 Å². The molecule has 82 valence electrons. The van der Waals surface area contributed by atoms with E-state index in [1.165, 1.54) is 17.4 Å². The van der Waals surface area contributed by atoms with Gasteiger partial charge in [0.1, 0.15) is 5.01 Å². The average Bonchev–Trinajstić information content (AvgIpc) is 2.87. The number of anilines is 1. The van der Waals surface area contributed by atoms with Crippen LogP contribution in [0.15, 0.2) is 23.6 Å². The molecule has 2 heterocycles. The van der Waals surface area contributed by atoms with Crippen LogP contribution in [0.3, 0.4) is 0 Å². The zero-order chi connectivity index (χ0) is 11.4. The van der Waals surface area contributed by atoms with Crippen LogP contribution in [0.2, 0.25) is 0 Å². The van der Waals surface area contributed by atoms with E-state index in [0.717, 1.165) is 9.88 Å². The first kappa shape index (κ1) is 11.0. The summed E-state index contributed by atoms with van der Waals surface area (Å²) < 4.78 is 0. The SMILES string of the molecule is Cc1nnc(NC(=O)/C=C/c2cccs2)s1. The zero-order valence-electron chi connectivity index (χ0n) is 8.51. The van der Waals surface area contributed by atoms with E-state index in [0.29, 0.717) is 5.13 Å². The summed E-state index contributed by atoms with van der Waals surface area (Å²) in [5.74, 6) is -0.190. The molecule has 1 N–H and O–H groups in total. The quantitative estimate of drug-likeness (QED) is 0.853. The minimum Gasteiger partial charge on any atom is -0.297 e. The maximum absolute atomic E-state index is 11.5. The maximum atomic E-state index is 11.5. The van der Waals surface area contributed by atoms with Gasteiger partial charge in [0.25, 0.3) is 0 Å². The fourth-order valence-corrected chi connectivity index (χ4v) is 2.25. The molecule has 0 saturated carbocycles. The van der Waals surface area contributed by atoms with E-state index in [1.807, 2.05) is 24.4 Å². The number of aromatic nitrogens is 2. The fraction of sp³-hybridized carbons (Fsp3) is 0.100. The molecule has 0 aliphatic rings. The largest absolute Gasteiger partial charge is 0.297 e. The van der Waals surface area contributed by atoms with E-state index in [9.17, 15) is 4.79 Å². The van der Waals surface area contributed by atoms with E-state index < -0.39 is 0 Å². The summed E-state index contributed by atoms with van der Waals surface area (Å²) in [4.78, 5) is 12.5. The molecule has 0 spiro atoms. The Morgan fingerprint density at radius 2 is 2.38 bits per heavy atom. The standard InChI is InChI=1S/C10H9N3OS2/c1-7-12-13-10(16-7)11-9(14)5-4-8-3-2-6-15-8/h2-6H,1H3,(H,11,13,14)/b5-4+. The molecule has 0 aliphatic carbocycles. The number of nitrogens with one attached hydrogen (secondary N) is 1. The molecule has 0 unspecified atom stereocenters. The van der Waals surface area contributed by atoms with Gasteiger partial charge in [-0.1, -0.05) is 17.4 Å². The van der Waals surface area contributed by atoms with Gasteiger partial charge < -0.3 is 0 Å².